The van der Waals surface area contributed by atoms with Gasteiger partial charge in [0.05, 0.1) is 11.8 Å². The maximum atomic E-state index is 12.4. The number of carboxylic acids is 1. The number of hydrogen-bond donors (Lipinski definition) is 1. The summed E-state index contributed by atoms with van der Waals surface area (Å²) in [5.74, 6) is -0.0349. The number of amides is 1. The Morgan fingerprint density at radius 3 is 2.26 bits per heavy atom. The second-order valence-corrected chi connectivity index (χ2v) is 6.39. The second kappa shape index (κ2) is 5.93. The molecule has 108 valence electrons. The van der Waals surface area contributed by atoms with E-state index in [2.05, 4.69) is 13.8 Å². The van der Waals surface area contributed by atoms with Crippen LogP contribution in [0.15, 0.2) is 0 Å². The average Bonchev–Trinajstić information content (AvgIpc) is 2.51. The first-order valence-corrected chi connectivity index (χ1v) is 7.52. The van der Waals surface area contributed by atoms with Gasteiger partial charge in [-0.25, -0.2) is 0 Å². The van der Waals surface area contributed by atoms with Crippen LogP contribution in [0.2, 0.25) is 0 Å². The Labute approximate surface area is 115 Å². The monoisotopic (exact) mass is 267 g/mol. The van der Waals surface area contributed by atoms with E-state index in [1.807, 2.05) is 4.90 Å². The molecule has 1 aliphatic carbocycles. The lowest BCUT2D eigenvalue weighted by atomic mass is 9.73. The van der Waals surface area contributed by atoms with E-state index in [1.165, 1.54) is 6.42 Å². The third-order valence-electron chi connectivity index (χ3n) is 4.94. The van der Waals surface area contributed by atoms with Gasteiger partial charge in [-0.2, -0.15) is 0 Å². The lowest BCUT2D eigenvalue weighted by Gasteiger charge is -2.36. The van der Waals surface area contributed by atoms with Crippen LogP contribution in [-0.4, -0.2) is 35.0 Å². The van der Waals surface area contributed by atoms with Crippen molar-refractivity contribution >= 4 is 11.9 Å². The molecule has 1 heterocycles. The zero-order valence-electron chi connectivity index (χ0n) is 12.0. The Bertz CT molecular complexity index is 353. The van der Waals surface area contributed by atoms with E-state index < -0.39 is 11.9 Å². The van der Waals surface area contributed by atoms with E-state index in [1.54, 1.807) is 0 Å². The fourth-order valence-corrected chi connectivity index (χ4v) is 3.33. The van der Waals surface area contributed by atoms with Crippen LogP contribution in [0.1, 0.15) is 46.0 Å². The molecule has 4 nitrogen and oxygen atoms in total. The minimum Gasteiger partial charge on any atom is -0.481 e. The molecule has 0 aromatic carbocycles. The van der Waals surface area contributed by atoms with Gasteiger partial charge in [0.1, 0.15) is 0 Å². The predicted molar refractivity (Wildman–Crippen MR) is 72.6 cm³/mol. The van der Waals surface area contributed by atoms with Crippen LogP contribution in [-0.2, 0) is 9.59 Å². The number of hydrogen-bond acceptors (Lipinski definition) is 2. The van der Waals surface area contributed by atoms with E-state index in [4.69, 9.17) is 5.11 Å². The van der Waals surface area contributed by atoms with Crippen molar-refractivity contribution in [1.29, 1.82) is 0 Å². The first-order valence-electron chi connectivity index (χ1n) is 7.52. The molecule has 3 atom stereocenters. The van der Waals surface area contributed by atoms with Gasteiger partial charge in [-0.15, -0.1) is 0 Å². The normalized spacial score (nSPS) is 31.7. The van der Waals surface area contributed by atoms with Crippen molar-refractivity contribution in [2.75, 3.05) is 13.1 Å². The number of likely N-dealkylation sites (tertiary alicyclic amines) is 1. The fraction of sp³-hybridized carbons (Fsp3) is 0.867. The summed E-state index contributed by atoms with van der Waals surface area (Å²) in [6.45, 7) is 6.11. The van der Waals surface area contributed by atoms with Crippen molar-refractivity contribution in [3.63, 3.8) is 0 Å². The number of rotatable bonds is 3. The van der Waals surface area contributed by atoms with E-state index in [0.29, 0.717) is 18.3 Å². The van der Waals surface area contributed by atoms with Gasteiger partial charge in [0.15, 0.2) is 0 Å². The molecule has 0 spiro atoms. The van der Waals surface area contributed by atoms with Crippen LogP contribution in [0.4, 0.5) is 0 Å². The molecule has 1 N–H and O–H groups in total. The fourth-order valence-electron chi connectivity index (χ4n) is 3.33. The first-order chi connectivity index (χ1) is 9.00. The minimum atomic E-state index is -0.806. The van der Waals surface area contributed by atoms with E-state index in [0.717, 1.165) is 32.4 Å². The number of nitrogens with zero attached hydrogens (tertiary/aromatic N) is 1. The molecule has 1 amide bonds. The average molecular weight is 267 g/mol. The molecule has 2 aliphatic rings. The van der Waals surface area contributed by atoms with Crippen LogP contribution >= 0.6 is 0 Å². The minimum absolute atomic E-state index is 0.0862. The molecule has 2 rings (SSSR count). The molecule has 3 unspecified atom stereocenters. The summed E-state index contributed by atoms with van der Waals surface area (Å²) in [4.78, 5) is 25.3. The Morgan fingerprint density at radius 2 is 1.74 bits per heavy atom. The molecule has 4 heteroatoms. The van der Waals surface area contributed by atoms with Crippen LogP contribution in [0, 0.1) is 23.7 Å². The smallest absolute Gasteiger partial charge is 0.307 e. The molecule has 0 radical (unpaired) electrons. The molecule has 1 saturated heterocycles. The van der Waals surface area contributed by atoms with E-state index in [-0.39, 0.29) is 11.8 Å². The van der Waals surface area contributed by atoms with Gasteiger partial charge in [0.25, 0.3) is 0 Å². The van der Waals surface area contributed by atoms with Crippen molar-refractivity contribution in [3.05, 3.63) is 0 Å². The summed E-state index contributed by atoms with van der Waals surface area (Å²) in [5.41, 5.74) is 0. The van der Waals surface area contributed by atoms with Crippen molar-refractivity contribution in [3.8, 4) is 0 Å². The molecule has 0 bridgehead atoms. The number of carbonyl (C=O) groups excluding carboxylic acids is 1. The summed E-state index contributed by atoms with van der Waals surface area (Å²) in [6, 6.07) is 0. The zero-order valence-corrected chi connectivity index (χ0v) is 12.0. The highest BCUT2D eigenvalue weighted by Crippen LogP contribution is 2.36. The summed E-state index contributed by atoms with van der Waals surface area (Å²) in [5, 5.41) is 9.05. The lowest BCUT2D eigenvalue weighted by molar-refractivity contribution is -0.156. The van der Waals surface area contributed by atoms with Gasteiger partial charge in [0.2, 0.25) is 5.91 Å². The van der Waals surface area contributed by atoms with Gasteiger partial charge >= 0.3 is 5.97 Å². The molecule has 1 saturated carbocycles. The quantitative estimate of drug-likeness (QED) is 0.854. The number of carboxylic acid groups (broad SMARTS) is 1. The topological polar surface area (TPSA) is 57.6 Å². The summed E-state index contributed by atoms with van der Waals surface area (Å²) in [6.07, 6.45) is 4.72. The first kappa shape index (κ1) is 14.4. The molecule has 19 heavy (non-hydrogen) atoms. The van der Waals surface area contributed by atoms with Crippen LogP contribution in [0.25, 0.3) is 0 Å². The summed E-state index contributed by atoms with van der Waals surface area (Å²) >= 11 is 0. The van der Waals surface area contributed by atoms with Gasteiger partial charge in [-0.3, -0.25) is 9.59 Å². The maximum Gasteiger partial charge on any atom is 0.307 e. The van der Waals surface area contributed by atoms with Crippen LogP contribution in [0.3, 0.4) is 0 Å². The third-order valence-corrected chi connectivity index (χ3v) is 4.94. The van der Waals surface area contributed by atoms with Crippen molar-refractivity contribution < 1.29 is 14.7 Å². The molecule has 1 aliphatic heterocycles. The summed E-state index contributed by atoms with van der Waals surface area (Å²) < 4.78 is 0. The summed E-state index contributed by atoms with van der Waals surface area (Å²) in [7, 11) is 0. The third kappa shape index (κ3) is 3.10. The van der Waals surface area contributed by atoms with E-state index >= 15 is 0 Å². The predicted octanol–water partition coefficient (Wildman–Crippen LogP) is 2.38. The van der Waals surface area contributed by atoms with Gasteiger partial charge < -0.3 is 10.0 Å². The maximum absolute atomic E-state index is 12.4. The molecule has 0 aromatic rings. The highest BCUT2D eigenvalue weighted by atomic mass is 16.4. The number of carbonyl (C=O) groups is 2. The highest BCUT2D eigenvalue weighted by Gasteiger charge is 2.43. The van der Waals surface area contributed by atoms with Crippen molar-refractivity contribution in [2.24, 2.45) is 23.7 Å². The molecule has 0 aromatic heterocycles. The standard InChI is InChI=1S/C15H25NO3/c1-10(2)11-4-3-8-16(9-7-11)14(17)12-5-6-13(12)15(18)19/h10-13H,3-9H2,1-2H3,(H,18,19). The van der Waals surface area contributed by atoms with Gasteiger partial charge in [-0.05, 0) is 43.9 Å². The van der Waals surface area contributed by atoms with E-state index in [9.17, 15) is 9.59 Å². The Morgan fingerprint density at radius 1 is 1.05 bits per heavy atom. The SMILES string of the molecule is CC(C)C1CCCN(C(=O)C2CCC2C(=O)O)CC1. The van der Waals surface area contributed by atoms with Crippen molar-refractivity contribution in [2.45, 2.75) is 46.0 Å². The largest absolute Gasteiger partial charge is 0.481 e. The van der Waals surface area contributed by atoms with Crippen molar-refractivity contribution in [1.82, 2.24) is 4.90 Å². The Hall–Kier alpha value is -1.06. The van der Waals surface area contributed by atoms with Gasteiger partial charge in [0, 0.05) is 13.1 Å². The second-order valence-electron chi connectivity index (χ2n) is 6.39. The molecule has 2 fully saturated rings. The van der Waals surface area contributed by atoms with Crippen LogP contribution in [0.5, 0.6) is 0 Å². The zero-order chi connectivity index (χ0) is 14.0. The lowest BCUT2D eigenvalue weighted by Crippen LogP contribution is -2.46. The Balaban J connectivity index is 1.91. The molecular formula is C15H25NO3. The number of aliphatic carboxylic acids is 1. The van der Waals surface area contributed by atoms with Crippen LogP contribution < -0.4 is 0 Å². The van der Waals surface area contributed by atoms with Gasteiger partial charge in [-0.1, -0.05) is 13.8 Å². The highest BCUT2D eigenvalue weighted by molar-refractivity contribution is 5.86. The molecular weight excluding hydrogens is 242 g/mol. The Kier molecular flexibility index (Phi) is 4.48.